The molecule has 3 aromatic heterocycles. The summed E-state index contributed by atoms with van der Waals surface area (Å²) in [5, 5.41) is 15.5. The summed E-state index contributed by atoms with van der Waals surface area (Å²) in [6.45, 7) is 4.51. The van der Waals surface area contributed by atoms with Gasteiger partial charge in [-0.25, -0.2) is 15.0 Å². The van der Waals surface area contributed by atoms with E-state index < -0.39 is 0 Å². The van der Waals surface area contributed by atoms with Gasteiger partial charge in [0.05, 0.1) is 5.52 Å². The second kappa shape index (κ2) is 7.90. The smallest absolute Gasteiger partial charge is 0.225 e. The summed E-state index contributed by atoms with van der Waals surface area (Å²) in [6.07, 6.45) is 8.29. The molecule has 3 heterocycles. The summed E-state index contributed by atoms with van der Waals surface area (Å²) in [6, 6.07) is 11.9. The number of nitrogens with one attached hydrogen (secondary N) is 2. The van der Waals surface area contributed by atoms with Gasteiger partial charge in [-0.2, -0.15) is 9.67 Å². The summed E-state index contributed by atoms with van der Waals surface area (Å²) in [7, 11) is 0. The molecule has 1 aliphatic carbocycles. The van der Waals surface area contributed by atoms with Gasteiger partial charge in [0.1, 0.15) is 5.52 Å². The fraction of sp³-hybridized carbons (Fsp3) is 0.364. The van der Waals surface area contributed by atoms with Gasteiger partial charge in [0.25, 0.3) is 0 Å². The molecule has 1 fully saturated rings. The summed E-state index contributed by atoms with van der Waals surface area (Å²) in [5.41, 5.74) is 1.64. The first-order chi connectivity index (χ1) is 15.1. The Kier molecular flexibility index (Phi) is 4.93. The van der Waals surface area contributed by atoms with Crippen molar-refractivity contribution < 1.29 is 0 Å². The molecule has 2 N–H and O–H groups in total. The number of hydrogen-bond donors (Lipinski definition) is 2. The SMILES string of the molecule is CC1C[C@H](Nc2ncccn2)CC[C@@]1(C)Nc1nccc(-n2nnc3ccccc32)n1. The lowest BCUT2D eigenvalue weighted by Gasteiger charge is -2.43. The fourth-order valence-corrected chi connectivity index (χ4v) is 4.22. The third-order valence-electron chi connectivity index (χ3n) is 6.24. The molecule has 1 aliphatic rings. The number of aromatic nitrogens is 7. The molecule has 0 spiro atoms. The number of nitrogens with zero attached hydrogens (tertiary/aromatic N) is 7. The molecular weight excluding hydrogens is 390 g/mol. The lowest BCUT2D eigenvalue weighted by molar-refractivity contribution is 0.234. The Morgan fingerprint density at radius 3 is 2.65 bits per heavy atom. The van der Waals surface area contributed by atoms with E-state index in [0.29, 0.717) is 29.7 Å². The molecule has 0 bridgehead atoms. The molecule has 158 valence electrons. The van der Waals surface area contributed by atoms with Crippen molar-refractivity contribution in [1.29, 1.82) is 0 Å². The van der Waals surface area contributed by atoms with Gasteiger partial charge in [0.2, 0.25) is 11.9 Å². The highest BCUT2D eigenvalue weighted by Crippen LogP contribution is 2.36. The normalized spacial score (nSPS) is 23.5. The van der Waals surface area contributed by atoms with Gasteiger partial charge < -0.3 is 10.6 Å². The highest BCUT2D eigenvalue weighted by atomic mass is 15.4. The van der Waals surface area contributed by atoms with Crippen molar-refractivity contribution in [3.63, 3.8) is 0 Å². The molecule has 31 heavy (non-hydrogen) atoms. The number of benzene rings is 1. The molecule has 1 saturated carbocycles. The topological polar surface area (TPSA) is 106 Å². The lowest BCUT2D eigenvalue weighted by Crippen LogP contribution is -2.48. The second-order valence-electron chi connectivity index (χ2n) is 8.36. The Hall–Kier alpha value is -3.62. The molecule has 3 atom stereocenters. The fourth-order valence-electron chi connectivity index (χ4n) is 4.22. The van der Waals surface area contributed by atoms with Gasteiger partial charge in [-0.3, -0.25) is 0 Å². The van der Waals surface area contributed by atoms with Crippen LogP contribution in [-0.2, 0) is 0 Å². The molecule has 5 rings (SSSR count). The predicted molar refractivity (Wildman–Crippen MR) is 119 cm³/mol. The molecule has 0 amide bonds. The van der Waals surface area contributed by atoms with Gasteiger partial charge in [-0.15, -0.1) is 5.10 Å². The average Bonchev–Trinajstić information content (AvgIpc) is 3.22. The first-order valence-corrected chi connectivity index (χ1v) is 10.6. The molecule has 9 heteroatoms. The Morgan fingerprint density at radius 1 is 1.00 bits per heavy atom. The molecule has 0 radical (unpaired) electrons. The first-order valence-electron chi connectivity index (χ1n) is 10.6. The Morgan fingerprint density at radius 2 is 1.81 bits per heavy atom. The predicted octanol–water partition coefficient (Wildman–Crippen LogP) is 3.47. The van der Waals surface area contributed by atoms with Crippen molar-refractivity contribution >= 4 is 22.9 Å². The molecule has 4 aromatic rings. The Labute approximate surface area is 180 Å². The number of hydrogen-bond acceptors (Lipinski definition) is 8. The molecule has 0 saturated heterocycles. The van der Waals surface area contributed by atoms with E-state index in [4.69, 9.17) is 4.98 Å². The van der Waals surface area contributed by atoms with Crippen LogP contribution in [0.25, 0.3) is 16.9 Å². The molecule has 1 unspecified atom stereocenters. The van der Waals surface area contributed by atoms with Crippen LogP contribution in [0.3, 0.4) is 0 Å². The van der Waals surface area contributed by atoms with Crippen LogP contribution in [0.2, 0.25) is 0 Å². The third kappa shape index (κ3) is 3.90. The van der Waals surface area contributed by atoms with Crippen molar-refractivity contribution in [3.05, 3.63) is 55.0 Å². The van der Waals surface area contributed by atoms with Crippen molar-refractivity contribution in [2.45, 2.75) is 44.7 Å². The van der Waals surface area contributed by atoms with E-state index in [1.165, 1.54) is 0 Å². The summed E-state index contributed by atoms with van der Waals surface area (Å²) >= 11 is 0. The maximum atomic E-state index is 4.73. The second-order valence-corrected chi connectivity index (χ2v) is 8.36. The number of anilines is 2. The molecule has 1 aromatic carbocycles. The van der Waals surface area contributed by atoms with Crippen LogP contribution in [0.5, 0.6) is 0 Å². The number of fused-ring (bicyclic) bond motifs is 1. The van der Waals surface area contributed by atoms with Crippen LogP contribution < -0.4 is 10.6 Å². The molecule has 0 aliphatic heterocycles. The average molecular weight is 416 g/mol. The van der Waals surface area contributed by atoms with Crippen LogP contribution >= 0.6 is 0 Å². The van der Waals surface area contributed by atoms with Crippen molar-refractivity contribution in [1.82, 2.24) is 34.9 Å². The van der Waals surface area contributed by atoms with Gasteiger partial charge in [-0.05, 0) is 50.3 Å². The highest BCUT2D eigenvalue weighted by molar-refractivity contribution is 5.75. The van der Waals surface area contributed by atoms with Gasteiger partial charge >= 0.3 is 0 Å². The minimum Gasteiger partial charge on any atom is -0.351 e. The standard InChI is InChI=1S/C22H25N9/c1-15-14-16(26-20-23-11-5-12-24-20)8-10-22(15,2)28-21-25-13-9-19(27-21)31-18-7-4-3-6-17(18)29-30-31/h3-7,9,11-13,15-16H,8,10,14H2,1-2H3,(H,23,24,26)(H,25,27,28)/t15?,16-,22-/m1/s1. The lowest BCUT2D eigenvalue weighted by atomic mass is 9.73. The molecule has 9 nitrogen and oxygen atoms in total. The van der Waals surface area contributed by atoms with Crippen LogP contribution in [-0.4, -0.2) is 46.5 Å². The Balaban J connectivity index is 1.31. The van der Waals surface area contributed by atoms with E-state index in [1.54, 1.807) is 23.3 Å². The zero-order valence-electron chi connectivity index (χ0n) is 17.6. The quantitative estimate of drug-likeness (QED) is 0.510. The minimum atomic E-state index is -0.112. The Bertz CT molecular complexity index is 1180. The third-order valence-corrected chi connectivity index (χ3v) is 6.24. The number of rotatable bonds is 5. The van der Waals surface area contributed by atoms with E-state index in [2.05, 4.69) is 49.7 Å². The van der Waals surface area contributed by atoms with E-state index in [1.807, 2.05) is 36.4 Å². The van der Waals surface area contributed by atoms with Crippen LogP contribution in [0.15, 0.2) is 55.0 Å². The first kappa shape index (κ1) is 19.3. The van der Waals surface area contributed by atoms with Crippen LogP contribution in [0.1, 0.15) is 33.1 Å². The van der Waals surface area contributed by atoms with Crippen molar-refractivity contribution in [2.24, 2.45) is 5.92 Å². The summed E-state index contributed by atoms with van der Waals surface area (Å²) < 4.78 is 1.74. The van der Waals surface area contributed by atoms with E-state index in [9.17, 15) is 0 Å². The zero-order chi connectivity index (χ0) is 21.3. The van der Waals surface area contributed by atoms with Gasteiger partial charge in [0, 0.05) is 36.2 Å². The van der Waals surface area contributed by atoms with Gasteiger partial charge in [-0.1, -0.05) is 24.3 Å². The monoisotopic (exact) mass is 415 g/mol. The summed E-state index contributed by atoms with van der Waals surface area (Å²) in [4.78, 5) is 17.8. The highest BCUT2D eigenvalue weighted by Gasteiger charge is 2.38. The van der Waals surface area contributed by atoms with E-state index in [-0.39, 0.29) is 5.54 Å². The van der Waals surface area contributed by atoms with Gasteiger partial charge in [0.15, 0.2) is 5.82 Å². The maximum absolute atomic E-state index is 4.73. The zero-order valence-corrected chi connectivity index (χ0v) is 17.6. The van der Waals surface area contributed by atoms with Crippen molar-refractivity contribution in [3.8, 4) is 5.82 Å². The van der Waals surface area contributed by atoms with Crippen molar-refractivity contribution in [2.75, 3.05) is 10.6 Å². The largest absolute Gasteiger partial charge is 0.351 e. The summed E-state index contributed by atoms with van der Waals surface area (Å²) in [5.74, 6) is 2.39. The maximum Gasteiger partial charge on any atom is 0.225 e. The van der Waals surface area contributed by atoms with E-state index in [0.717, 1.165) is 30.3 Å². The number of para-hydroxylation sites is 1. The van der Waals surface area contributed by atoms with Crippen LogP contribution in [0.4, 0.5) is 11.9 Å². The molecular formula is C22H25N9. The minimum absolute atomic E-state index is 0.112. The van der Waals surface area contributed by atoms with E-state index >= 15 is 0 Å². The van der Waals surface area contributed by atoms with Crippen LogP contribution in [0, 0.1) is 5.92 Å².